The van der Waals surface area contributed by atoms with Gasteiger partial charge in [0.1, 0.15) is 4.90 Å². The average Bonchev–Trinajstić information content (AvgIpc) is 2.65. The normalized spacial score (nSPS) is 10.5. The standard InChI is InChI=1S/C7H5NO6S/c1-13-7(10)6-5(2-3-14-6)15(11,12)8-4-9/h2-3H,1H3. The molecular weight excluding hydrogens is 226 g/mol. The van der Waals surface area contributed by atoms with Gasteiger partial charge in [-0.2, -0.15) is 8.42 Å². The molecule has 0 saturated heterocycles. The fourth-order valence-electron chi connectivity index (χ4n) is 0.840. The summed E-state index contributed by atoms with van der Waals surface area (Å²) in [6.45, 7) is 0. The Labute approximate surface area is 84.4 Å². The molecule has 0 aliphatic rings. The predicted molar refractivity (Wildman–Crippen MR) is 45.4 cm³/mol. The third-order valence-corrected chi connectivity index (χ3v) is 2.63. The molecule has 1 heterocycles. The van der Waals surface area contributed by atoms with E-state index < -0.39 is 26.6 Å². The average molecular weight is 231 g/mol. The highest BCUT2D eigenvalue weighted by atomic mass is 32.2. The number of hydrogen-bond acceptors (Lipinski definition) is 6. The summed E-state index contributed by atoms with van der Waals surface area (Å²) >= 11 is 0. The van der Waals surface area contributed by atoms with Crippen LogP contribution in [0.2, 0.25) is 0 Å². The number of esters is 1. The molecule has 1 aromatic rings. The molecule has 0 aromatic carbocycles. The van der Waals surface area contributed by atoms with E-state index in [1.54, 1.807) is 0 Å². The zero-order chi connectivity index (χ0) is 11.5. The molecule has 0 radical (unpaired) electrons. The van der Waals surface area contributed by atoms with Gasteiger partial charge in [-0.15, -0.1) is 0 Å². The van der Waals surface area contributed by atoms with Gasteiger partial charge in [0.15, 0.2) is 0 Å². The second-order valence-corrected chi connectivity index (χ2v) is 3.84. The zero-order valence-corrected chi connectivity index (χ0v) is 8.28. The lowest BCUT2D eigenvalue weighted by molar-refractivity contribution is 0.0559. The second kappa shape index (κ2) is 4.07. The van der Waals surface area contributed by atoms with Crippen molar-refractivity contribution in [2.45, 2.75) is 4.90 Å². The fraction of sp³-hybridized carbons (Fsp3) is 0.143. The van der Waals surface area contributed by atoms with Crippen molar-refractivity contribution in [3.63, 3.8) is 0 Å². The topological polar surface area (TPSA) is 103 Å². The molecule has 0 aliphatic carbocycles. The minimum atomic E-state index is -4.25. The van der Waals surface area contributed by atoms with Crippen LogP contribution in [-0.4, -0.2) is 27.6 Å². The number of methoxy groups -OCH3 is 1. The van der Waals surface area contributed by atoms with Gasteiger partial charge in [-0.3, -0.25) is 0 Å². The molecule has 0 spiro atoms. The van der Waals surface area contributed by atoms with E-state index in [4.69, 9.17) is 0 Å². The first-order valence-corrected chi connectivity index (χ1v) is 4.97. The Hall–Kier alpha value is -1.92. The summed E-state index contributed by atoms with van der Waals surface area (Å²) in [6.07, 6.45) is 1.85. The summed E-state index contributed by atoms with van der Waals surface area (Å²) in [7, 11) is -3.19. The molecular formula is C7H5NO6S. The number of carbonyl (C=O) groups excluding carboxylic acids is 2. The summed E-state index contributed by atoms with van der Waals surface area (Å²) in [4.78, 5) is 20.3. The van der Waals surface area contributed by atoms with E-state index in [2.05, 4.69) is 13.6 Å². The van der Waals surface area contributed by atoms with Crippen LogP contribution < -0.4 is 0 Å². The lowest BCUT2D eigenvalue weighted by atomic mass is 10.4. The molecule has 0 saturated carbocycles. The Morgan fingerprint density at radius 1 is 1.60 bits per heavy atom. The Kier molecular flexibility index (Phi) is 3.03. The van der Waals surface area contributed by atoms with E-state index >= 15 is 0 Å². The van der Waals surface area contributed by atoms with Crippen molar-refractivity contribution in [2.24, 2.45) is 4.40 Å². The molecule has 1 rings (SSSR count). The van der Waals surface area contributed by atoms with Crippen molar-refractivity contribution >= 4 is 22.1 Å². The number of carbonyl (C=O) groups is 1. The minimum Gasteiger partial charge on any atom is -0.463 e. The van der Waals surface area contributed by atoms with E-state index in [-0.39, 0.29) is 0 Å². The van der Waals surface area contributed by atoms with Crippen LogP contribution in [0.15, 0.2) is 26.0 Å². The fourth-order valence-corrected chi connectivity index (χ4v) is 1.63. The van der Waals surface area contributed by atoms with Crippen molar-refractivity contribution in [3.8, 4) is 0 Å². The highest BCUT2D eigenvalue weighted by molar-refractivity contribution is 7.90. The quantitative estimate of drug-likeness (QED) is 0.415. The van der Waals surface area contributed by atoms with Crippen molar-refractivity contribution in [1.82, 2.24) is 0 Å². The van der Waals surface area contributed by atoms with Gasteiger partial charge in [0, 0.05) is 0 Å². The molecule has 80 valence electrons. The van der Waals surface area contributed by atoms with Gasteiger partial charge in [0.25, 0.3) is 16.1 Å². The van der Waals surface area contributed by atoms with Crippen LogP contribution in [0.5, 0.6) is 0 Å². The van der Waals surface area contributed by atoms with Crippen LogP contribution in [0, 0.1) is 0 Å². The second-order valence-electron chi connectivity index (χ2n) is 2.26. The molecule has 0 amide bonds. The number of isocyanates is 1. The first kappa shape index (κ1) is 11.2. The molecule has 0 bridgehead atoms. The highest BCUT2D eigenvalue weighted by Crippen LogP contribution is 2.19. The molecule has 0 atom stereocenters. The van der Waals surface area contributed by atoms with E-state index in [9.17, 15) is 18.0 Å². The molecule has 7 nitrogen and oxygen atoms in total. The maximum Gasteiger partial charge on any atom is 0.375 e. The summed E-state index contributed by atoms with van der Waals surface area (Å²) in [5.41, 5.74) is 0. The molecule has 0 fully saturated rings. The third-order valence-electron chi connectivity index (χ3n) is 1.44. The van der Waals surface area contributed by atoms with Crippen molar-refractivity contribution in [2.75, 3.05) is 7.11 Å². The maximum atomic E-state index is 11.2. The summed E-state index contributed by atoms with van der Waals surface area (Å²) in [5, 5.41) is 0. The van der Waals surface area contributed by atoms with Crippen LogP contribution in [0.1, 0.15) is 10.6 Å². The molecule has 0 unspecified atom stereocenters. The zero-order valence-electron chi connectivity index (χ0n) is 7.46. The van der Waals surface area contributed by atoms with Crippen molar-refractivity contribution < 1.29 is 27.2 Å². The van der Waals surface area contributed by atoms with Crippen LogP contribution in [0.3, 0.4) is 0 Å². The van der Waals surface area contributed by atoms with Gasteiger partial charge in [-0.25, -0.2) is 9.59 Å². The third kappa shape index (κ3) is 2.12. The van der Waals surface area contributed by atoms with Gasteiger partial charge in [-0.05, 0) is 6.07 Å². The number of ether oxygens (including phenoxy) is 1. The van der Waals surface area contributed by atoms with Gasteiger partial charge in [0.05, 0.1) is 13.4 Å². The van der Waals surface area contributed by atoms with E-state index in [1.165, 1.54) is 0 Å². The van der Waals surface area contributed by atoms with Gasteiger partial charge < -0.3 is 9.15 Å². The first-order valence-electron chi connectivity index (χ1n) is 3.53. The Balaban J connectivity index is 3.34. The van der Waals surface area contributed by atoms with E-state index in [1.807, 2.05) is 0 Å². The van der Waals surface area contributed by atoms with Crippen LogP contribution in [0.4, 0.5) is 0 Å². The molecule has 1 aromatic heterocycles. The lowest BCUT2D eigenvalue weighted by Gasteiger charge is -1.96. The van der Waals surface area contributed by atoms with Gasteiger partial charge >= 0.3 is 5.97 Å². The van der Waals surface area contributed by atoms with Crippen molar-refractivity contribution in [3.05, 3.63) is 18.1 Å². The molecule has 0 aliphatic heterocycles. The van der Waals surface area contributed by atoms with E-state index in [0.717, 1.165) is 25.5 Å². The smallest absolute Gasteiger partial charge is 0.375 e. The number of hydrogen-bond donors (Lipinski definition) is 0. The SMILES string of the molecule is COC(=O)c1occc1S(=O)(=O)N=C=O. The maximum absolute atomic E-state index is 11.2. The molecule has 8 heteroatoms. The summed E-state index contributed by atoms with van der Waals surface area (Å²) < 4.78 is 33.9. The first-order chi connectivity index (χ1) is 7.03. The van der Waals surface area contributed by atoms with Crippen LogP contribution in [0.25, 0.3) is 0 Å². The van der Waals surface area contributed by atoms with Crippen molar-refractivity contribution in [1.29, 1.82) is 0 Å². The lowest BCUT2D eigenvalue weighted by Crippen LogP contribution is -2.06. The summed E-state index contributed by atoms with van der Waals surface area (Å²) in [5.74, 6) is -1.50. The minimum absolute atomic E-state index is 0.530. The number of nitrogens with zero attached hydrogens (tertiary/aromatic N) is 1. The largest absolute Gasteiger partial charge is 0.463 e. The Bertz CT molecular complexity index is 521. The van der Waals surface area contributed by atoms with Crippen LogP contribution in [-0.2, 0) is 19.6 Å². The number of sulfonamides is 1. The Morgan fingerprint density at radius 3 is 2.80 bits per heavy atom. The summed E-state index contributed by atoms with van der Waals surface area (Å²) in [6, 6.07) is 0.989. The van der Waals surface area contributed by atoms with E-state index in [0.29, 0.717) is 0 Å². The van der Waals surface area contributed by atoms with Gasteiger partial charge in [-0.1, -0.05) is 4.40 Å². The number of rotatable bonds is 3. The van der Waals surface area contributed by atoms with Gasteiger partial charge in [0.2, 0.25) is 5.76 Å². The molecule has 0 N–H and O–H groups in total. The Morgan fingerprint density at radius 2 is 2.27 bits per heavy atom. The number of furan rings is 1. The highest BCUT2D eigenvalue weighted by Gasteiger charge is 2.26. The molecule has 15 heavy (non-hydrogen) atoms. The predicted octanol–water partition coefficient (Wildman–Crippen LogP) is 0.0907. The monoisotopic (exact) mass is 231 g/mol. The van der Waals surface area contributed by atoms with Crippen LogP contribution >= 0.6 is 0 Å².